The first-order chi connectivity index (χ1) is 11.2. The Morgan fingerprint density at radius 3 is 1.61 bits per heavy atom. The van der Waals surface area contributed by atoms with E-state index in [4.69, 9.17) is 10.4 Å². The molecule has 0 bridgehead atoms. The van der Waals surface area contributed by atoms with Crippen LogP contribution in [0.5, 0.6) is 0 Å². The van der Waals surface area contributed by atoms with Crippen LogP contribution in [0.4, 0.5) is 0 Å². The lowest BCUT2D eigenvalue weighted by Crippen LogP contribution is -2.25. The Morgan fingerprint density at radius 1 is 0.696 bits per heavy atom. The van der Waals surface area contributed by atoms with Gasteiger partial charge >= 0.3 is 0 Å². The molecule has 2 N–H and O–H groups in total. The molecular weight excluding hydrogens is 286 g/mol. The fourth-order valence-electron chi connectivity index (χ4n) is 2.80. The van der Waals surface area contributed by atoms with E-state index in [1.54, 1.807) is 0 Å². The van der Waals surface area contributed by atoms with E-state index < -0.39 is 0 Å². The van der Waals surface area contributed by atoms with Gasteiger partial charge in [-0.05, 0) is 39.0 Å². The summed E-state index contributed by atoms with van der Waals surface area (Å²) >= 11 is 0. The molecule has 138 valence electrons. The highest BCUT2D eigenvalue weighted by Gasteiger charge is 2.06. The van der Waals surface area contributed by atoms with Gasteiger partial charge in [0.05, 0.1) is 6.04 Å². The van der Waals surface area contributed by atoms with Crippen LogP contribution < -0.4 is 0 Å². The fraction of sp³-hybridized carbons (Fsp3) is 0.900. The standard InChI is InChI=1S/C20H41NO2/c1-3-4-5-6-7-8-9-10-11-12-13-14-15-16-17-18-19-20(2)21(22)23/h10-11,20,22-23H,3-9,12-19H2,1-2H3. The van der Waals surface area contributed by atoms with Gasteiger partial charge in [-0.15, -0.1) is 0 Å². The molecule has 0 rings (SSSR count). The van der Waals surface area contributed by atoms with Crippen molar-refractivity contribution in [3.05, 3.63) is 12.2 Å². The normalized spacial score (nSPS) is 13.3. The number of unbranched alkanes of at least 4 members (excludes halogenated alkanes) is 12. The largest absolute Gasteiger partial charge is 0.289 e. The van der Waals surface area contributed by atoms with Crippen molar-refractivity contribution in [2.45, 2.75) is 116 Å². The number of hydrogen-bond acceptors (Lipinski definition) is 3. The topological polar surface area (TPSA) is 43.7 Å². The van der Waals surface area contributed by atoms with E-state index in [0.717, 1.165) is 12.8 Å². The van der Waals surface area contributed by atoms with Gasteiger partial charge in [0, 0.05) is 0 Å². The Labute approximate surface area is 144 Å². The molecule has 0 aliphatic heterocycles. The molecule has 3 heteroatoms. The first kappa shape index (κ1) is 22.6. The van der Waals surface area contributed by atoms with Crippen LogP contribution >= 0.6 is 0 Å². The molecule has 0 saturated carbocycles. The smallest absolute Gasteiger partial charge is 0.0595 e. The number of hydroxylamine groups is 2. The van der Waals surface area contributed by atoms with Gasteiger partial charge in [-0.3, -0.25) is 10.4 Å². The number of allylic oxidation sites excluding steroid dienone is 2. The minimum Gasteiger partial charge on any atom is -0.289 e. The lowest BCUT2D eigenvalue weighted by atomic mass is 10.1. The Balaban J connectivity index is 3.13. The first-order valence-corrected chi connectivity index (χ1v) is 10.0. The highest BCUT2D eigenvalue weighted by Crippen LogP contribution is 2.12. The third-order valence-electron chi connectivity index (χ3n) is 4.53. The number of nitrogens with zero attached hydrogens (tertiary/aromatic N) is 1. The summed E-state index contributed by atoms with van der Waals surface area (Å²) in [6.45, 7) is 4.10. The molecule has 0 aliphatic rings. The third-order valence-corrected chi connectivity index (χ3v) is 4.53. The average Bonchev–Trinajstić information content (AvgIpc) is 2.54. The zero-order chi connectivity index (χ0) is 17.2. The minimum atomic E-state index is -0.146. The van der Waals surface area contributed by atoms with Crippen molar-refractivity contribution in [2.75, 3.05) is 0 Å². The summed E-state index contributed by atoms with van der Waals surface area (Å²) in [6, 6.07) is -0.146. The van der Waals surface area contributed by atoms with Crippen molar-refractivity contribution in [3.63, 3.8) is 0 Å². The molecule has 3 nitrogen and oxygen atoms in total. The van der Waals surface area contributed by atoms with Crippen molar-refractivity contribution in [1.29, 1.82) is 0 Å². The van der Waals surface area contributed by atoms with E-state index in [9.17, 15) is 0 Å². The van der Waals surface area contributed by atoms with Gasteiger partial charge in [-0.25, -0.2) is 0 Å². The van der Waals surface area contributed by atoms with Gasteiger partial charge in [0.2, 0.25) is 0 Å². The molecule has 0 amide bonds. The quantitative estimate of drug-likeness (QED) is 0.174. The third kappa shape index (κ3) is 17.8. The molecule has 0 aromatic heterocycles. The lowest BCUT2D eigenvalue weighted by molar-refractivity contribution is -0.329. The molecule has 0 aromatic carbocycles. The second kappa shape index (κ2) is 18.0. The SMILES string of the molecule is CCCCCCCCC=CCCCCCCCCC(C)N(O)O. The Kier molecular flexibility index (Phi) is 17.7. The van der Waals surface area contributed by atoms with E-state index in [1.807, 2.05) is 6.92 Å². The zero-order valence-corrected chi connectivity index (χ0v) is 15.7. The maximum absolute atomic E-state index is 8.83. The van der Waals surface area contributed by atoms with Crippen LogP contribution in [-0.4, -0.2) is 21.7 Å². The maximum atomic E-state index is 8.83. The first-order valence-electron chi connectivity index (χ1n) is 10.0. The van der Waals surface area contributed by atoms with Crippen molar-refractivity contribution in [1.82, 2.24) is 5.23 Å². The molecule has 0 aromatic rings. The Morgan fingerprint density at radius 2 is 1.13 bits per heavy atom. The van der Waals surface area contributed by atoms with Crippen LogP contribution in [0.1, 0.15) is 110 Å². The van der Waals surface area contributed by atoms with E-state index in [0.29, 0.717) is 5.23 Å². The summed E-state index contributed by atoms with van der Waals surface area (Å²) in [4.78, 5) is 0. The summed E-state index contributed by atoms with van der Waals surface area (Å²) in [7, 11) is 0. The van der Waals surface area contributed by atoms with Crippen LogP contribution in [0.3, 0.4) is 0 Å². The predicted octanol–water partition coefficient (Wildman–Crippen LogP) is 6.88. The van der Waals surface area contributed by atoms with Gasteiger partial charge in [0.15, 0.2) is 0 Å². The van der Waals surface area contributed by atoms with Crippen LogP contribution in [-0.2, 0) is 0 Å². The van der Waals surface area contributed by atoms with Crippen molar-refractivity contribution >= 4 is 0 Å². The highest BCUT2D eigenvalue weighted by molar-refractivity contribution is 4.81. The van der Waals surface area contributed by atoms with Gasteiger partial charge in [0.1, 0.15) is 0 Å². The summed E-state index contributed by atoms with van der Waals surface area (Å²) in [5.74, 6) is 0. The Hall–Kier alpha value is -0.380. The fourth-order valence-corrected chi connectivity index (χ4v) is 2.80. The Bertz CT molecular complexity index is 254. The molecule has 0 saturated heterocycles. The molecule has 1 atom stereocenters. The number of hydrogen-bond donors (Lipinski definition) is 2. The van der Waals surface area contributed by atoms with Crippen LogP contribution in [0.2, 0.25) is 0 Å². The highest BCUT2D eigenvalue weighted by atomic mass is 16.8. The minimum absolute atomic E-state index is 0.146. The maximum Gasteiger partial charge on any atom is 0.0595 e. The molecule has 0 fully saturated rings. The van der Waals surface area contributed by atoms with Crippen LogP contribution in [0.15, 0.2) is 12.2 Å². The van der Waals surface area contributed by atoms with Crippen LogP contribution in [0, 0.1) is 0 Å². The van der Waals surface area contributed by atoms with Crippen molar-refractivity contribution in [3.8, 4) is 0 Å². The molecule has 23 heavy (non-hydrogen) atoms. The monoisotopic (exact) mass is 327 g/mol. The van der Waals surface area contributed by atoms with Crippen LogP contribution in [0.25, 0.3) is 0 Å². The van der Waals surface area contributed by atoms with E-state index in [2.05, 4.69) is 19.1 Å². The number of rotatable bonds is 17. The molecule has 0 aliphatic carbocycles. The second-order valence-corrected chi connectivity index (χ2v) is 6.90. The second-order valence-electron chi connectivity index (χ2n) is 6.90. The summed E-state index contributed by atoms with van der Waals surface area (Å²) in [5, 5.41) is 18.0. The average molecular weight is 328 g/mol. The van der Waals surface area contributed by atoms with Crippen molar-refractivity contribution < 1.29 is 10.4 Å². The van der Waals surface area contributed by atoms with Crippen molar-refractivity contribution in [2.24, 2.45) is 0 Å². The lowest BCUT2D eigenvalue weighted by Gasteiger charge is -2.14. The molecule has 0 radical (unpaired) electrons. The van der Waals surface area contributed by atoms with Gasteiger partial charge < -0.3 is 0 Å². The molecule has 1 unspecified atom stereocenters. The van der Waals surface area contributed by atoms with Gasteiger partial charge in [0.25, 0.3) is 0 Å². The molecule has 0 heterocycles. The van der Waals surface area contributed by atoms with Gasteiger partial charge in [-0.1, -0.05) is 88.5 Å². The zero-order valence-electron chi connectivity index (χ0n) is 15.7. The summed E-state index contributed by atoms with van der Waals surface area (Å²) in [5.41, 5.74) is 0. The summed E-state index contributed by atoms with van der Waals surface area (Å²) < 4.78 is 0. The molecular formula is C20H41NO2. The van der Waals surface area contributed by atoms with E-state index in [-0.39, 0.29) is 6.04 Å². The predicted molar refractivity (Wildman–Crippen MR) is 98.9 cm³/mol. The summed E-state index contributed by atoms with van der Waals surface area (Å²) in [6.07, 6.45) is 23.9. The molecule has 0 spiro atoms. The van der Waals surface area contributed by atoms with E-state index >= 15 is 0 Å². The van der Waals surface area contributed by atoms with E-state index in [1.165, 1.54) is 83.5 Å². The van der Waals surface area contributed by atoms with Gasteiger partial charge in [-0.2, -0.15) is 0 Å².